The molecule has 0 N–H and O–H groups in total. The Bertz CT molecular complexity index is 324. The van der Waals surface area contributed by atoms with Gasteiger partial charge in [-0.2, -0.15) is 0 Å². The van der Waals surface area contributed by atoms with E-state index in [9.17, 15) is 4.79 Å². The van der Waals surface area contributed by atoms with Crippen LogP contribution < -0.4 is 0 Å². The number of carbonyl (C=O) groups excluding carboxylic acids is 1. The van der Waals surface area contributed by atoms with Gasteiger partial charge in [-0.3, -0.25) is 4.79 Å². The molecular formula is C13H21NOS. The Labute approximate surface area is 102 Å². The minimum absolute atomic E-state index is 0.306. The van der Waals surface area contributed by atoms with Gasteiger partial charge in [0.05, 0.1) is 11.4 Å². The topological polar surface area (TPSA) is 30.0 Å². The number of nitrogens with zero attached hydrogens (tertiary/aromatic N) is 1. The molecule has 0 bridgehead atoms. The van der Waals surface area contributed by atoms with Gasteiger partial charge in [0.2, 0.25) is 0 Å². The van der Waals surface area contributed by atoms with Crippen molar-refractivity contribution >= 4 is 17.1 Å². The molecule has 1 rings (SSSR count). The summed E-state index contributed by atoms with van der Waals surface area (Å²) in [5.41, 5.74) is 0.306. The van der Waals surface area contributed by atoms with Crippen LogP contribution in [0.25, 0.3) is 0 Å². The smallest absolute Gasteiger partial charge is 0.139 e. The van der Waals surface area contributed by atoms with Gasteiger partial charge in [-0.25, -0.2) is 4.98 Å². The van der Waals surface area contributed by atoms with E-state index in [1.165, 1.54) is 0 Å². The van der Waals surface area contributed by atoms with Crippen molar-refractivity contribution < 1.29 is 4.79 Å². The summed E-state index contributed by atoms with van der Waals surface area (Å²) in [7, 11) is 0. The van der Waals surface area contributed by atoms with Gasteiger partial charge in [0.1, 0.15) is 5.78 Å². The molecule has 3 heteroatoms. The van der Waals surface area contributed by atoms with Crippen LogP contribution in [0.15, 0.2) is 11.6 Å². The van der Waals surface area contributed by atoms with Crippen molar-refractivity contribution in [1.29, 1.82) is 0 Å². The zero-order valence-corrected chi connectivity index (χ0v) is 11.4. The van der Waals surface area contributed by atoms with Gasteiger partial charge < -0.3 is 0 Å². The number of Topliss-reactive ketones (excluding diaryl/α,β-unsaturated/α-hetero) is 1. The van der Waals surface area contributed by atoms with E-state index in [-0.39, 0.29) is 0 Å². The molecule has 2 nitrogen and oxygen atoms in total. The summed E-state index contributed by atoms with van der Waals surface area (Å²) in [6, 6.07) is 0. The highest BCUT2D eigenvalue weighted by Gasteiger charge is 2.18. The Morgan fingerprint density at radius 2 is 2.19 bits per heavy atom. The molecule has 1 heterocycles. The van der Waals surface area contributed by atoms with Crippen molar-refractivity contribution in [3.8, 4) is 0 Å². The summed E-state index contributed by atoms with van der Waals surface area (Å²) < 4.78 is 0. The molecular weight excluding hydrogens is 218 g/mol. The normalized spacial score (nSPS) is 13.8. The van der Waals surface area contributed by atoms with Crippen LogP contribution in [0.3, 0.4) is 0 Å². The van der Waals surface area contributed by atoms with E-state index in [4.69, 9.17) is 0 Å². The standard InChI is InChI=1S/C13H21NOS/c1-10(9-13(2,3)4)7-11(15)8-12-14-5-6-16-12/h5-6,10H,7-9H2,1-4H3. The van der Waals surface area contributed by atoms with Gasteiger partial charge in [-0.05, 0) is 17.8 Å². The van der Waals surface area contributed by atoms with Crippen LogP contribution in [-0.4, -0.2) is 10.8 Å². The zero-order chi connectivity index (χ0) is 12.2. The van der Waals surface area contributed by atoms with Crippen molar-refractivity contribution in [1.82, 2.24) is 4.98 Å². The molecule has 16 heavy (non-hydrogen) atoms. The third kappa shape index (κ3) is 5.40. The maximum atomic E-state index is 11.8. The van der Waals surface area contributed by atoms with Crippen LogP contribution in [-0.2, 0) is 11.2 Å². The van der Waals surface area contributed by atoms with Crippen LogP contribution in [0.2, 0.25) is 0 Å². The highest BCUT2D eigenvalue weighted by molar-refractivity contribution is 7.09. The molecule has 1 aromatic rings. The first-order chi connectivity index (χ1) is 7.37. The van der Waals surface area contributed by atoms with Gasteiger partial charge >= 0.3 is 0 Å². The lowest BCUT2D eigenvalue weighted by Crippen LogP contribution is -2.15. The van der Waals surface area contributed by atoms with Gasteiger partial charge in [0.25, 0.3) is 0 Å². The van der Waals surface area contributed by atoms with Crippen LogP contribution >= 0.6 is 11.3 Å². The molecule has 1 aromatic heterocycles. The molecule has 0 aliphatic heterocycles. The third-order valence-electron chi connectivity index (χ3n) is 2.37. The largest absolute Gasteiger partial charge is 0.299 e. The summed E-state index contributed by atoms with van der Waals surface area (Å²) in [4.78, 5) is 15.9. The van der Waals surface area contributed by atoms with E-state index < -0.39 is 0 Å². The first-order valence-corrected chi connectivity index (χ1v) is 6.65. The van der Waals surface area contributed by atoms with Gasteiger partial charge in [0.15, 0.2) is 0 Å². The van der Waals surface area contributed by atoms with Gasteiger partial charge in [0, 0.05) is 18.0 Å². The maximum Gasteiger partial charge on any atom is 0.139 e. The Morgan fingerprint density at radius 1 is 1.50 bits per heavy atom. The van der Waals surface area contributed by atoms with E-state index >= 15 is 0 Å². The van der Waals surface area contributed by atoms with Crippen LogP contribution in [0.4, 0.5) is 0 Å². The molecule has 0 fully saturated rings. The quantitative estimate of drug-likeness (QED) is 0.784. The summed E-state index contributed by atoms with van der Waals surface area (Å²) in [6.45, 7) is 8.81. The molecule has 90 valence electrons. The van der Waals surface area contributed by atoms with Crippen molar-refractivity contribution in [2.45, 2.75) is 47.0 Å². The van der Waals surface area contributed by atoms with E-state index in [1.807, 2.05) is 5.38 Å². The van der Waals surface area contributed by atoms with Crippen molar-refractivity contribution in [3.63, 3.8) is 0 Å². The molecule has 1 unspecified atom stereocenters. The first-order valence-electron chi connectivity index (χ1n) is 5.77. The van der Waals surface area contributed by atoms with E-state index in [1.54, 1.807) is 17.5 Å². The monoisotopic (exact) mass is 239 g/mol. The molecule has 0 radical (unpaired) electrons. The van der Waals surface area contributed by atoms with E-state index in [2.05, 4.69) is 32.7 Å². The fraction of sp³-hybridized carbons (Fsp3) is 0.692. The SMILES string of the molecule is CC(CC(=O)Cc1nccs1)CC(C)(C)C. The molecule has 0 aliphatic carbocycles. The second-order valence-electron chi connectivity index (χ2n) is 5.72. The average Bonchev–Trinajstić information content (AvgIpc) is 2.51. The predicted molar refractivity (Wildman–Crippen MR) is 68.7 cm³/mol. The molecule has 0 spiro atoms. The zero-order valence-electron chi connectivity index (χ0n) is 10.6. The Hall–Kier alpha value is -0.700. The number of rotatable bonds is 5. The lowest BCUT2D eigenvalue weighted by atomic mass is 9.83. The number of ketones is 1. The Morgan fingerprint density at radius 3 is 2.69 bits per heavy atom. The van der Waals surface area contributed by atoms with Crippen molar-refractivity contribution in [2.24, 2.45) is 11.3 Å². The predicted octanol–water partition coefficient (Wildman–Crippen LogP) is 3.72. The van der Waals surface area contributed by atoms with E-state index in [0.29, 0.717) is 30.0 Å². The highest BCUT2D eigenvalue weighted by Crippen LogP contribution is 2.26. The first kappa shape index (κ1) is 13.4. The van der Waals surface area contributed by atoms with Gasteiger partial charge in [-0.15, -0.1) is 11.3 Å². The second-order valence-corrected chi connectivity index (χ2v) is 6.69. The molecule has 0 amide bonds. The second kappa shape index (κ2) is 5.58. The maximum absolute atomic E-state index is 11.8. The minimum Gasteiger partial charge on any atom is -0.299 e. The van der Waals surface area contributed by atoms with Crippen molar-refractivity contribution in [2.75, 3.05) is 0 Å². The lowest BCUT2D eigenvalue weighted by Gasteiger charge is -2.22. The molecule has 0 aliphatic rings. The van der Waals surface area contributed by atoms with Gasteiger partial charge in [-0.1, -0.05) is 27.7 Å². The average molecular weight is 239 g/mol. The lowest BCUT2D eigenvalue weighted by molar-refractivity contribution is -0.119. The number of carbonyl (C=O) groups is 1. The highest BCUT2D eigenvalue weighted by atomic mass is 32.1. The fourth-order valence-electron chi connectivity index (χ4n) is 2.09. The number of thiazole rings is 1. The summed E-state index contributed by atoms with van der Waals surface area (Å²) >= 11 is 1.56. The Balaban J connectivity index is 2.34. The number of hydrogen-bond acceptors (Lipinski definition) is 3. The molecule has 0 aromatic carbocycles. The number of aromatic nitrogens is 1. The molecule has 0 saturated heterocycles. The fourth-order valence-corrected chi connectivity index (χ4v) is 2.73. The summed E-state index contributed by atoms with van der Waals surface area (Å²) in [5, 5.41) is 2.86. The molecule has 1 atom stereocenters. The summed E-state index contributed by atoms with van der Waals surface area (Å²) in [5.74, 6) is 0.777. The van der Waals surface area contributed by atoms with Crippen LogP contribution in [0.1, 0.15) is 45.5 Å². The van der Waals surface area contributed by atoms with Crippen LogP contribution in [0, 0.1) is 11.3 Å². The summed E-state index contributed by atoms with van der Waals surface area (Å²) in [6.07, 6.45) is 4.03. The Kier molecular flexibility index (Phi) is 4.66. The van der Waals surface area contributed by atoms with Crippen LogP contribution in [0.5, 0.6) is 0 Å². The van der Waals surface area contributed by atoms with E-state index in [0.717, 1.165) is 11.4 Å². The number of hydrogen-bond donors (Lipinski definition) is 0. The molecule has 0 saturated carbocycles. The minimum atomic E-state index is 0.306. The third-order valence-corrected chi connectivity index (χ3v) is 3.15. The van der Waals surface area contributed by atoms with Crippen molar-refractivity contribution in [3.05, 3.63) is 16.6 Å².